The molecule has 0 radical (unpaired) electrons. The van der Waals surface area contributed by atoms with Crippen molar-refractivity contribution in [3.05, 3.63) is 81.9 Å². The number of hydroxylamine groups is 1. The summed E-state index contributed by atoms with van der Waals surface area (Å²) in [5.74, 6) is 0.280. The van der Waals surface area contributed by atoms with E-state index in [1.165, 1.54) is 12.6 Å². The summed E-state index contributed by atoms with van der Waals surface area (Å²) in [7, 11) is -2.97. The molecule has 14 heteroatoms. The monoisotopic (exact) mass is 619 g/mol. The first-order valence-electron chi connectivity index (χ1n) is 12.7. The summed E-state index contributed by atoms with van der Waals surface area (Å²) >= 11 is 6.11. The number of hydrogen-bond donors (Lipinski definition) is 3. The molecule has 3 aromatic rings. The Bertz CT molecular complexity index is 1560. The number of benzene rings is 3. The number of carbonyl (C=O) groups is 2. The van der Waals surface area contributed by atoms with Crippen LogP contribution in [-0.4, -0.2) is 56.4 Å². The molecular formula is C28H30ClN3O9S. The van der Waals surface area contributed by atoms with Crippen LogP contribution in [0.1, 0.15) is 22.3 Å². The Morgan fingerprint density at radius 2 is 1.76 bits per heavy atom. The van der Waals surface area contributed by atoms with E-state index in [0.717, 1.165) is 4.31 Å². The zero-order chi connectivity index (χ0) is 30.4. The molecule has 0 spiro atoms. The lowest BCUT2D eigenvalue weighted by Gasteiger charge is -2.31. The van der Waals surface area contributed by atoms with Crippen molar-refractivity contribution in [1.29, 1.82) is 0 Å². The minimum absolute atomic E-state index is 0.0147. The molecule has 3 aromatic carbocycles. The smallest absolute Gasteiger partial charge is 0.407 e. The predicted molar refractivity (Wildman–Crippen MR) is 151 cm³/mol. The molecule has 0 saturated carbocycles. The number of alkyl carbamates (subject to hydrolysis) is 1. The van der Waals surface area contributed by atoms with Gasteiger partial charge in [-0.05, 0) is 60.9 Å². The van der Waals surface area contributed by atoms with Gasteiger partial charge in [0.25, 0.3) is 5.91 Å². The van der Waals surface area contributed by atoms with Crippen molar-refractivity contribution in [2.45, 2.75) is 37.9 Å². The number of fused-ring (bicyclic) bond motifs is 1. The van der Waals surface area contributed by atoms with Gasteiger partial charge in [-0.1, -0.05) is 35.9 Å². The van der Waals surface area contributed by atoms with E-state index in [-0.39, 0.29) is 24.8 Å². The molecule has 1 aliphatic heterocycles. The number of rotatable bonds is 11. The van der Waals surface area contributed by atoms with Gasteiger partial charge in [0.05, 0.1) is 12.0 Å². The van der Waals surface area contributed by atoms with Crippen LogP contribution in [0, 0.1) is 13.8 Å². The van der Waals surface area contributed by atoms with Gasteiger partial charge in [-0.15, -0.1) is 0 Å². The fourth-order valence-electron chi connectivity index (χ4n) is 4.52. The first-order chi connectivity index (χ1) is 20.0. The van der Waals surface area contributed by atoms with Gasteiger partial charge in [0.2, 0.25) is 16.8 Å². The van der Waals surface area contributed by atoms with Crippen LogP contribution in [0.2, 0.25) is 5.02 Å². The Morgan fingerprint density at radius 1 is 1.07 bits per heavy atom. The molecule has 3 N–H and O–H groups in total. The number of methoxy groups -OCH3 is 1. The van der Waals surface area contributed by atoms with Crippen LogP contribution in [0.15, 0.2) is 59.5 Å². The lowest BCUT2D eigenvalue weighted by atomic mass is 10.1. The maximum atomic E-state index is 14.3. The Morgan fingerprint density at radius 3 is 2.43 bits per heavy atom. The van der Waals surface area contributed by atoms with Gasteiger partial charge in [-0.3, -0.25) is 10.0 Å². The SMILES string of the molecule is COc1cc(C)c(S(=O)(=O)N(Cc2ccc3c(c2)OCO3)[C@H](CNC(=O)OCc2ccccc2Cl)C(=O)NO)c(C)c1. The number of hydrogen-bond acceptors (Lipinski definition) is 9. The molecule has 4 rings (SSSR count). The molecule has 224 valence electrons. The number of sulfonamides is 1. The van der Waals surface area contributed by atoms with Crippen LogP contribution in [0.4, 0.5) is 4.79 Å². The molecule has 0 aromatic heterocycles. The van der Waals surface area contributed by atoms with Crippen molar-refractivity contribution in [3.63, 3.8) is 0 Å². The standard InChI is InChI=1S/C28H30ClN3O9S/c1-17-10-21(38-3)11-18(2)26(17)42(36,37)32(14-19-8-9-24-25(12-19)41-16-40-24)23(27(33)31-35)13-30-28(34)39-15-20-6-4-5-7-22(20)29/h4-12,23,35H,13-16H2,1-3H3,(H,30,34)(H,31,33)/t23-/m1/s1. The second kappa shape index (κ2) is 13.3. The van der Waals surface area contributed by atoms with Crippen LogP contribution in [-0.2, 0) is 32.7 Å². The number of nitrogens with zero attached hydrogens (tertiary/aromatic N) is 1. The Hall–Kier alpha value is -4.04. The third kappa shape index (κ3) is 6.87. The summed E-state index contributed by atoms with van der Waals surface area (Å²) in [4.78, 5) is 25.5. The quantitative estimate of drug-likeness (QED) is 0.215. The van der Waals surface area contributed by atoms with Crippen LogP contribution < -0.4 is 25.0 Å². The summed E-state index contributed by atoms with van der Waals surface area (Å²) < 4.78 is 50.7. The molecule has 12 nitrogen and oxygen atoms in total. The van der Waals surface area contributed by atoms with Crippen molar-refractivity contribution < 1.29 is 42.2 Å². The Balaban J connectivity index is 1.67. The highest BCUT2D eigenvalue weighted by Crippen LogP contribution is 2.35. The predicted octanol–water partition coefficient (Wildman–Crippen LogP) is 3.69. The van der Waals surface area contributed by atoms with E-state index < -0.39 is 34.6 Å². The minimum Gasteiger partial charge on any atom is -0.497 e. The largest absolute Gasteiger partial charge is 0.497 e. The van der Waals surface area contributed by atoms with Gasteiger partial charge in [-0.2, -0.15) is 4.31 Å². The number of amides is 2. The molecule has 1 heterocycles. The summed E-state index contributed by atoms with van der Waals surface area (Å²) in [6, 6.07) is 13.1. The number of nitrogens with one attached hydrogen (secondary N) is 2. The van der Waals surface area contributed by atoms with Crippen molar-refractivity contribution in [1.82, 2.24) is 15.1 Å². The molecule has 0 bridgehead atoms. The van der Waals surface area contributed by atoms with Crippen molar-refractivity contribution in [2.75, 3.05) is 20.4 Å². The fourth-order valence-corrected chi connectivity index (χ4v) is 6.70. The third-order valence-electron chi connectivity index (χ3n) is 6.53. The minimum atomic E-state index is -4.44. The highest BCUT2D eigenvalue weighted by atomic mass is 35.5. The first kappa shape index (κ1) is 30.9. The zero-order valence-electron chi connectivity index (χ0n) is 23.0. The van der Waals surface area contributed by atoms with Gasteiger partial charge < -0.3 is 24.3 Å². The van der Waals surface area contributed by atoms with E-state index in [4.69, 9.17) is 30.5 Å². The number of ether oxygens (including phenoxy) is 4. The van der Waals surface area contributed by atoms with Gasteiger partial charge in [-0.25, -0.2) is 18.7 Å². The molecule has 0 saturated heterocycles. The number of halogens is 1. The first-order valence-corrected chi connectivity index (χ1v) is 14.5. The maximum Gasteiger partial charge on any atom is 0.407 e. The van der Waals surface area contributed by atoms with E-state index in [0.29, 0.717) is 44.5 Å². The van der Waals surface area contributed by atoms with Crippen molar-refractivity contribution >= 4 is 33.6 Å². The molecule has 2 amide bonds. The molecule has 0 fully saturated rings. The van der Waals surface area contributed by atoms with Crippen molar-refractivity contribution in [3.8, 4) is 17.2 Å². The average molecular weight is 620 g/mol. The lowest BCUT2D eigenvalue weighted by Crippen LogP contribution is -2.54. The summed E-state index contributed by atoms with van der Waals surface area (Å²) in [5.41, 5.74) is 3.27. The second-order valence-electron chi connectivity index (χ2n) is 9.37. The average Bonchev–Trinajstić information content (AvgIpc) is 3.43. The van der Waals surface area contributed by atoms with E-state index in [1.54, 1.807) is 68.4 Å². The lowest BCUT2D eigenvalue weighted by molar-refractivity contribution is -0.133. The van der Waals surface area contributed by atoms with E-state index in [1.807, 2.05) is 0 Å². The molecule has 0 unspecified atom stereocenters. The second-order valence-corrected chi connectivity index (χ2v) is 11.6. The summed E-state index contributed by atoms with van der Waals surface area (Å²) in [6.45, 7) is 2.20. The maximum absolute atomic E-state index is 14.3. The summed E-state index contributed by atoms with van der Waals surface area (Å²) in [6.07, 6.45) is -0.928. The van der Waals surface area contributed by atoms with Crippen LogP contribution in [0.25, 0.3) is 0 Å². The zero-order valence-corrected chi connectivity index (χ0v) is 24.6. The molecule has 1 atom stereocenters. The molecule has 1 aliphatic rings. The molecular weight excluding hydrogens is 590 g/mol. The van der Waals surface area contributed by atoms with Crippen LogP contribution in [0.5, 0.6) is 17.2 Å². The van der Waals surface area contributed by atoms with Crippen LogP contribution in [0.3, 0.4) is 0 Å². The highest BCUT2D eigenvalue weighted by Gasteiger charge is 2.38. The highest BCUT2D eigenvalue weighted by molar-refractivity contribution is 7.89. The summed E-state index contributed by atoms with van der Waals surface area (Å²) in [5, 5.41) is 12.4. The van der Waals surface area contributed by atoms with Gasteiger partial charge in [0.15, 0.2) is 11.5 Å². The van der Waals surface area contributed by atoms with Crippen molar-refractivity contribution in [2.24, 2.45) is 0 Å². The molecule has 42 heavy (non-hydrogen) atoms. The van der Waals surface area contributed by atoms with Crippen LogP contribution >= 0.6 is 11.6 Å². The van der Waals surface area contributed by atoms with E-state index >= 15 is 0 Å². The third-order valence-corrected chi connectivity index (χ3v) is 9.06. The normalized spacial score (nSPS) is 13.0. The number of carbonyl (C=O) groups excluding carboxylic acids is 2. The topological polar surface area (TPSA) is 153 Å². The van der Waals surface area contributed by atoms with Gasteiger partial charge in [0, 0.05) is 23.7 Å². The van der Waals surface area contributed by atoms with E-state index in [2.05, 4.69) is 5.32 Å². The number of aryl methyl sites for hydroxylation is 2. The van der Waals surface area contributed by atoms with Gasteiger partial charge >= 0.3 is 6.09 Å². The Labute approximate surface area is 248 Å². The fraction of sp³-hybridized carbons (Fsp3) is 0.286. The van der Waals surface area contributed by atoms with Gasteiger partial charge in [0.1, 0.15) is 18.4 Å². The van der Waals surface area contributed by atoms with E-state index in [9.17, 15) is 23.2 Å². The molecule has 0 aliphatic carbocycles. The Kier molecular flexibility index (Phi) is 9.78.